The first-order valence-electron chi connectivity index (χ1n) is 6.15. The third-order valence-corrected chi connectivity index (χ3v) is 3.80. The van der Waals surface area contributed by atoms with Crippen LogP contribution in [0.15, 0.2) is 18.5 Å². The van der Waals surface area contributed by atoms with Gasteiger partial charge < -0.3 is 5.32 Å². The lowest BCUT2D eigenvalue weighted by molar-refractivity contribution is 0.305. The van der Waals surface area contributed by atoms with Gasteiger partial charge in [0.05, 0.1) is 0 Å². The van der Waals surface area contributed by atoms with Crippen molar-refractivity contribution in [3.05, 3.63) is 29.6 Å². The Balaban J connectivity index is 1.64. The molecule has 86 valence electrons. The molecule has 0 aliphatic carbocycles. The zero-order chi connectivity index (χ0) is 11.0. The number of hydrogen-bond donors (Lipinski definition) is 1. The molecule has 2 aliphatic rings. The number of aromatic nitrogens is 1. The third-order valence-electron chi connectivity index (χ3n) is 3.80. The highest BCUT2D eigenvalue weighted by Crippen LogP contribution is 2.27. The van der Waals surface area contributed by atoms with Crippen LogP contribution in [0.2, 0.25) is 0 Å². The fraction of sp³-hybridized carbons (Fsp3) is 0.615. The molecule has 0 amide bonds. The van der Waals surface area contributed by atoms with E-state index in [0.717, 1.165) is 18.4 Å². The van der Waals surface area contributed by atoms with E-state index in [4.69, 9.17) is 0 Å². The smallest absolute Gasteiger partial charge is 0.0313 e. The molecule has 2 saturated heterocycles. The Morgan fingerprint density at radius 1 is 1.31 bits per heavy atom. The SMILES string of the molecule is Cc1cncc(CN2CC3CNCC3C2)c1. The molecule has 3 rings (SSSR count). The monoisotopic (exact) mass is 217 g/mol. The van der Waals surface area contributed by atoms with Crippen molar-refractivity contribution in [1.82, 2.24) is 15.2 Å². The van der Waals surface area contributed by atoms with E-state index in [0.29, 0.717) is 0 Å². The first-order valence-corrected chi connectivity index (χ1v) is 6.15. The normalized spacial score (nSPS) is 29.6. The maximum atomic E-state index is 4.26. The molecule has 0 aromatic carbocycles. The second-order valence-corrected chi connectivity index (χ2v) is 5.24. The molecule has 0 spiro atoms. The average Bonchev–Trinajstić information content (AvgIpc) is 2.77. The van der Waals surface area contributed by atoms with E-state index < -0.39 is 0 Å². The van der Waals surface area contributed by atoms with E-state index >= 15 is 0 Å². The first-order chi connectivity index (χ1) is 7.81. The van der Waals surface area contributed by atoms with Gasteiger partial charge in [-0.3, -0.25) is 9.88 Å². The highest BCUT2D eigenvalue weighted by Gasteiger charge is 2.35. The Morgan fingerprint density at radius 2 is 2.06 bits per heavy atom. The average molecular weight is 217 g/mol. The summed E-state index contributed by atoms with van der Waals surface area (Å²) in [6.45, 7) is 8.12. The van der Waals surface area contributed by atoms with E-state index in [1.165, 1.54) is 37.3 Å². The van der Waals surface area contributed by atoms with E-state index in [1.807, 2.05) is 12.4 Å². The number of nitrogens with one attached hydrogen (secondary N) is 1. The zero-order valence-electron chi connectivity index (χ0n) is 9.82. The molecule has 3 nitrogen and oxygen atoms in total. The summed E-state index contributed by atoms with van der Waals surface area (Å²) in [5, 5.41) is 3.48. The highest BCUT2D eigenvalue weighted by molar-refractivity contribution is 5.16. The van der Waals surface area contributed by atoms with Crippen molar-refractivity contribution in [2.75, 3.05) is 26.2 Å². The molecule has 0 bridgehead atoms. The number of aryl methyl sites for hydroxylation is 1. The molecule has 0 radical (unpaired) electrons. The van der Waals surface area contributed by atoms with Crippen molar-refractivity contribution in [2.45, 2.75) is 13.5 Å². The van der Waals surface area contributed by atoms with Gasteiger partial charge in [-0.2, -0.15) is 0 Å². The zero-order valence-corrected chi connectivity index (χ0v) is 9.82. The summed E-state index contributed by atoms with van der Waals surface area (Å²) in [5.41, 5.74) is 2.62. The fourth-order valence-corrected chi connectivity index (χ4v) is 3.04. The van der Waals surface area contributed by atoms with Gasteiger partial charge in [0.2, 0.25) is 0 Å². The number of pyridine rings is 1. The van der Waals surface area contributed by atoms with Crippen LogP contribution in [-0.2, 0) is 6.54 Å². The van der Waals surface area contributed by atoms with Gasteiger partial charge >= 0.3 is 0 Å². The predicted molar refractivity (Wildman–Crippen MR) is 64.1 cm³/mol. The third kappa shape index (κ3) is 1.97. The van der Waals surface area contributed by atoms with Gasteiger partial charge in [0.15, 0.2) is 0 Å². The van der Waals surface area contributed by atoms with Crippen molar-refractivity contribution < 1.29 is 0 Å². The van der Waals surface area contributed by atoms with E-state index in [-0.39, 0.29) is 0 Å². The number of hydrogen-bond acceptors (Lipinski definition) is 3. The van der Waals surface area contributed by atoms with Crippen LogP contribution in [0.4, 0.5) is 0 Å². The summed E-state index contributed by atoms with van der Waals surface area (Å²) in [7, 11) is 0. The largest absolute Gasteiger partial charge is 0.316 e. The van der Waals surface area contributed by atoms with Gasteiger partial charge in [0, 0.05) is 32.0 Å². The Labute approximate surface area is 96.9 Å². The molecule has 16 heavy (non-hydrogen) atoms. The maximum absolute atomic E-state index is 4.26. The molecule has 3 heterocycles. The summed E-state index contributed by atoms with van der Waals surface area (Å²) in [6, 6.07) is 2.25. The minimum atomic E-state index is 0.887. The molecule has 0 saturated carbocycles. The summed E-state index contributed by atoms with van der Waals surface area (Å²) in [5.74, 6) is 1.77. The van der Waals surface area contributed by atoms with E-state index in [9.17, 15) is 0 Å². The van der Waals surface area contributed by atoms with Crippen molar-refractivity contribution in [3.8, 4) is 0 Å². The van der Waals surface area contributed by atoms with Crippen LogP contribution in [0.3, 0.4) is 0 Å². The predicted octanol–water partition coefficient (Wildman–Crippen LogP) is 1.04. The van der Waals surface area contributed by atoms with Crippen LogP contribution in [0.25, 0.3) is 0 Å². The maximum Gasteiger partial charge on any atom is 0.0313 e. The molecule has 1 aromatic heterocycles. The highest BCUT2D eigenvalue weighted by atomic mass is 15.2. The first kappa shape index (κ1) is 10.2. The summed E-state index contributed by atoms with van der Waals surface area (Å²) < 4.78 is 0. The van der Waals surface area contributed by atoms with Gasteiger partial charge in [0.25, 0.3) is 0 Å². The van der Waals surface area contributed by atoms with Gasteiger partial charge in [-0.1, -0.05) is 6.07 Å². The molecule has 1 N–H and O–H groups in total. The molecule has 2 unspecified atom stereocenters. The minimum absolute atomic E-state index is 0.887. The lowest BCUT2D eigenvalue weighted by atomic mass is 10.0. The summed E-state index contributed by atoms with van der Waals surface area (Å²) >= 11 is 0. The van der Waals surface area contributed by atoms with E-state index in [2.05, 4.69) is 28.2 Å². The number of nitrogens with zero attached hydrogens (tertiary/aromatic N) is 2. The standard InChI is InChI=1S/C13H19N3/c1-10-2-11(4-14-3-10)7-16-8-12-5-15-6-13(12)9-16/h2-4,12-13,15H,5-9H2,1H3. The summed E-state index contributed by atoms with van der Waals surface area (Å²) in [6.07, 6.45) is 3.92. The lowest BCUT2D eigenvalue weighted by Gasteiger charge is -2.16. The van der Waals surface area contributed by atoms with Crippen LogP contribution in [-0.4, -0.2) is 36.1 Å². The van der Waals surface area contributed by atoms with Gasteiger partial charge in [-0.15, -0.1) is 0 Å². The molecule has 2 atom stereocenters. The van der Waals surface area contributed by atoms with Crippen molar-refractivity contribution in [1.29, 1.82) is 0 Å². The molecular weight excluding hydrogens is 198 g/mol. The quantitative estimate of drug-likeness (QED) is 0.802. The van der Waals surface area contributed by atoms with Crippen molar-refractivity contribution in [3.63, 3.8) is 0 Å². The van der Waals surface area contributed by atoms with E-state index in [1.54, 1.807) is 0 Å². The fourth-order valence-electron chi connectivity index (χ4n) is 3.04. The van der Waals surface area contributed by atoms with Crippen LogP contribution < -0.4 is 5.32 Å². The van der Waals surface area contributed by atoms with Crippen LogP contribution >= 0.6 is 0 Å². The summed E-state index contributed by atoms with van der Waals surface area (Å²) in [4.78, 5) is 6.84. The topological polar surface area (TPSA) is 28.2 Å². The van der Waals surface area contributed by atoms with Gasteiger partial charge in [-0.05, 0) is 43.0 Å². The van der Waals surface area contributed by atoms with Crippen molar-refractivity contribution >= 4 is 0 Å². The van der Waals surface area contributed by atoms with Gasteiger partial charge in [0.1, 0.15) is 0 Å². The van der Waals surface area contributed by atoms with Gasteiger partial charge in [-0.25, -0.2) is 0 Å². The van der Waals surface area contributed by atoms with Crippen molar-refractivity contribution in [2.24, 2.45) is 11.8 Å². The molecule has 2 aliphatic heterocycles. The molecule has 3 heteroatoms. The Hall–Kier alpha value is -0.930. The molecule has 2 fully saturated rings. The Bertz CT molecular complexity index is 365. The van der Waals surface area contributed by atoms with Crippen LogP contribution in [0, 0.1) is 18.8 Å². The second kappa shape index (κ2) is 4.15. The Morgan fingerprint density at radius 3 is 2.75 bits per heavy atom. The Kier molecular flexibility index (Phi) is 2.65. The molecule has 1 aromatic rings. The number of fused-ring (bicyclic) bond motifs is 1. The second-order valence-electron chi connectivity index (χ2n) is 5.24. The number of likely N-dealkylation sites (tertiary alicyclic amines) is 1. The lowest BCUT2D eigenvalue weighted by Crippen LogP contribution is -2.25. The number of rotatable bonds is 2. The van der Waals surface area contributed by atoms with Crippen LogP contribution in [0.1, 0.15) is 11.1 Å². The van der Waals surface area contributed by atoms with Crippen LogP contribution in [0.5, 0.6) is 0 Å². The molecular formula is C13H19N3. The minimum Gasteiger partial charge on any atom is -0.316 e.